The van der Waals surface area contributed by atoms with Gasteiger partial charge in [0.15, 0.2) is 0 Å². The van der Waals surface area contributed by atoms with Gasteiger partial charge in [0, 0.05) is 13.5 Å². The molecule has 0 aromatic rings. The minimum absolute atomic E-state index is 0.0569. The average molecular weight is 170 g/mol. The maximum absolute atomic E-state index is 11.0. The monoisotopic (exact) mass is 170 g/mol. The van der Waals surface area contributed by atoms with Crippen LogP contribution in [0.4, 0.5) is 0 Å². The van der Waals surface area contributed by atoms with E-state index in [1.54, 1.807) is 4.90 Å². The van der Waals surface area contributed by atoms with Crippen LogP contribution in [0.1, 0.15) is 26.2 Å². The van der Waals surface area contributed by atoms with Crippen LogP contribution in [0.25, 0.3) is 0 Å². The van der Waals surface area contributed by atoms with Crippen LogP contribution in [0, 0.1) is 0 Å². The van der Waals surface area contributed by atoms with Crippen LogP contribution in [-0.4, -0.2) is 29.3 Å². The normalized spacial score (nSPS) is 23.8. The Morgan fingerprint density at radius 1 is 1.42 bits per heavy atom. The zero-order valence-corrected chi connectivity index (χ0v) is 7.25. The van der Waals surface area contributed by atoms with Crippen molar-refractivity contribution in [2.75, 3.05) is 6.54 Å². The summed E-state index contributed by atoms with van der Waals surface area (Å²) in [6.45, 7) is 2.14. The predicted molar refractivity (Wildman–Crippen MR) is 44.2 cm³/mol. The van der Waals surface area contributed by atoms with Gasteiger partial charge in [0.25, 0.3) is 0 Å². The van der Waals surface area contributed by atoms with E-state index in [9.17, 15) is 9.59 Å². The highest BCUT2D eigenvalue weighted by Crippen LogP contribution is 2.16. The van der Waals surface area contributed by atoms with Gasteiger partial charge in [-0.15, -0.1) is 0 Å². The molecule has 2 amide bonds. The third-order valence-electron chi connectivity index (χ3n) is 2.24. The zero-order chi connectivity index (χ0) is 9.14. The van der Waals surface area contributed by atoms with E-state index in [2.05, 4.69) is 0 Å². The van der Waals surface area contributed by atoms with Crippen LogP contribution in [0.15, 0.2) is 0 Å². The van der Waals surface area contributed by atoms with Gasteiger partial charge in [-0.3, -0.25) is 9.59 Å². The lowest BCUT2D eigenvalue weighted by atomic mass is 10.0. The quantitative estimate of drug-likeness (QED) is 0.596. The predicted octanol–water partition coefficient (Wildman–Crippen LogP) is -0.127. The number of carbonyl (C=O) groups is 2. The maximum Gasteiger partial charge on any atom is 0.240 e. The van der Waals surface area contributed by atoms with E-state index in [1.807, 2.05) is 0 Å². The first-order chi connectivity index (χ1) is 5.63. The van der Waals surface area contributed by atoms with Crippen molar-refractivity contribution in [1.82, 2.24) is 4.90 Å². The molecule has 1 saturated heterocycles. The highest BCUT2D eigenvalue weighted by Gasteiger charge is 2.28. The second kappa shape index (κ2) is 3.56. The van der Waals surface area contributed by atoms with E-state index < -0.39 is 0 Å². The molecule has 0 aromatic heterocycles. The lowest BCUT2D eigenvalue weighted by molar-refractivity contribution is -0.139. The summed E-state index contributed by atoms with van der Waals surface area (Å²) in [5.74, 6) is -0.441. The Balaban J connectivity index is 2.67. The fraction of sp³-hybridized carbons (Fsp3) is 0.750. The number of hydrogen-bond donors (Lipinski definition) is 1. The molecule has 0 aliphatic carbocycles. The van der Waals surface area contributed by atoms with Crippen molar-refractivity contribution in [3.63, 3.8) is 0 Å². The lowest BCUT2D eigenvalue weighted by Crippen LogP contribution is -2.49. The van der Waals surface area contributed by atoms with E-state index in [-0.39, 0.29) is 17.9 Å². The van der Waals surface area contributed by atoms with Crippen LogP contribution in [0.5, 0.6) is 0 Å². The molecular formula is C8H14N2O2. The van der Waals surface area contributed by atoms with Gasteiger partial charge in [0.2, 0.25) is 11.8 Å². The summed E-state index contributed by atoms with van der Waals surface area (Å²) in [4.78, 5) is 23.5. The summed E-state index contributed by atoms with van der Waals surface area (Å²) < 4.78 is 0. The van der Waals surface area contributed by atoms with E-state index in [0.29, 0.717) is 6.54 Å². The van der Waals surface area contributed by atoms with Gasteiger partial charge in [-0.2, -0.15) is 0 Å². The highest BCUT2D eigenvalue weighted by atomic mass is 16.2. The Morgan fingerprint density at radius 2 is 2.08 bits per heavy atom. The number of amides is 2. The molecule has 2 N–H and O–H groups in total. The molecule has 1 fully saturated rings. The van der Waals surface area contributed by atoms with Gasteiger partial charge in [0.05, 0.1) is 0 Å². The van der Waals surface area contributed by atoms with Gasteiger partial charge >= 0.3 is 0 Å². The summed E-state index contributed by atoms with van der Waals surface area (Å²) in [7, 11) is 0. The molecule has 1 atom stereocenters. The molecule has 68 valence electrons. The Bertz CT molecular complexity index is 181. The molecule has 4 nitrogen and oxygen atoms in total. The van der Waals surface area contributed by atoms with Gasteiger partial charge in [-0.25, -0.2) is 0 Å². The van der Waals surface area contributed by atoms with Crippen LogP contribution in [0.2, 0.25) is 0 Å². The summed E-state index contributed by atoms with van der Waals surface area (Å²) in [5, 5.41) is 0. The number of piperidine rings is 1. The molecule has 4 heteroatoms. The molecule has 0 bridgehead atoms. The summed E-state index contributed by atoms with van der Waals surface area (Å²) >= 11 is 0. The standard InChI is InChI=1S/C8H14N2O2/c1-6(11)10-5-3-2-4-7(10)8(9)12/h7H,2-5H2,1H3,(H2,9,12)/t7-/m1/s1. The number of likely N-dealkylation sites (tertiary alicyclic amines) is 1. The molecule has 0 unspecified atom stereocenters. The van der Waals surface area contributed by atoms with Crippen molar-refractivity contribution in [1.29, 1.82) is 0 Å². The van der Waals surface area contributed by atoms with Crippen molar-refractivity contribution in [3.8, 4) is 0 Å². The van der Waals surface area contributed by atoms with E-state index in [1.165, 1.54) is 6.92 Å². The average Bonchev–Trinajstić information content (AvgIpc) is 2.04. The second-order valence-electron chi connectivity index (χ2n) is 3.13. The number of nitrogens with two attached hydrogens (primary N) is 1. The minimum atomic E-state index is -0.384. The first-order valence-electron chi connectivity index (χ1n) is 4.19. The van der Waals surface area contributed by atoms with Gasteiger partial charge in [-0.05, 0) is 19.3 Å². The van der Waals surface area contributed by atoms with Crippen LogP contribution < -0.4 is 5.73 Å². The Labute approximate surface area is 71.7 Å². The number of nitrogens with zero attached hydrogens (tertiary/aromatic N) is 1. The molecule has 1 heterocycles. The molecule has 1 aliphatic heterocycles. The smallest absolute Gasteiger partial charge is 0.240 e. The second-order valence-corrected chi connectivity index (χ2v) is 3.13. The van der Waals surface area contributed by atoms with Gasteiger partial charge in [-0.1, -0.05) is 0 Å². The summed E-state index contributed by atoms with van der Waals surface area (Å²) in [5.41, 5.74) is 5.16. The zero-order valence-electron chi connectivity index (χ0n) is 7.25. The number of rotatable bonds is 1. The highest BCUT2D eigenvalue weighted by molar-refractivity contribution is 5.85. The fourth-order valence-corrected chi connectivity index (χ4v) is 1.60. The maximum atomic E-state index is 11.0. The topological polar surface area (TPSA) is 63.4 Å². The summed E-state index contributed by atoms with van der Waals surface area (Å²) in [6, 6.07) is -0.365. The van der Waals surface area contributed by atoms with Crippen molar-refractivity contribution in [2.24, 2.45) is 5.73 Å². The van der Waals surface area contributed by atoms with Crippen molar-refractivity contribution < 1.29 is 9.59 Å². The Hall–Kier alpha value is -1.06. The van der Waals surface area contributed by atoms with E-state index >= 15 is 0 Å². The Morgan fingerprint density at radius 3 is 2.50 bits per heavy atom. The third-order valence-corrected chi connectivity index (χ3v) is 2.24. The SMILES string of the molecule is CC(=O)N1CCCC[C@@H]1C(N)=O. The molecule has 0 radical (unpaired) electrons. The first-order valence-corrected chi connectivity index (χ1v) is 4.19. The van der Waals surface area contributed by atoms with Crippen LogP contribution >= 0.6 is 0 Å². The number of primary amides is 1. The molecule has 1 aliphatic rings. The number of carbonyl (C=O) groups excluding carboxylic acids is 2. The minimum Gasteiger partial charge on any atom is -0.368 e. The molecule has 0 spiro atoms. The van der Waals surface area contributed by atoms with E-state index in [0.717, 1.165) is 19.3 Å². The van der Waals surface area contributed by atoms with Crippen LogP contribution in [0.3, 0.4) is 0 Å². The van der Waals surface area contributed by atoms with Crippen molar-refractivity contribution in [3.05, 3.63) is 0 Å². The van der Waals surface area contributed by atoms with Crippen molar-refractivity contribution >= 4 is 11.8 Å². The molecular weight excluding hydrogens is 156 g/mol. The lowest BCUT2D eigenvalue weighted by Gasteiger charge is -2.32. The first kappa shape index (κ1) is 9.03. The summed E-state index contributed by atoms with van der Waals surface area (Å²) in [6.07, 6.45) is 2.68. The largest absolute Gasteiger partial charge is 0.368 e. The van der Waals surface area contributed by atoms with Crippen LogP contribution in [-0.2, 0) is 9.59 Å². The third kappa shape index (κ3) is 1.75. The van der Waals surface area contributed by atoms with E-state index in [4.69, 9.17) is 5.73 Å². The van der Waals surface area contributed by atoms with Gasteiger partial charge in [0.1, 0.15) is 6.04 Å². The fourth-order valence-electron chi connectivity index (χ4n) is 1.60. The molecule has 0 aromatic carbocycles. The number of hydrogen-bond acceptors (Lipinski definition) is 2. The molecule has 12 heavy (non-hydrogen) atoms. The van der Waals surface area contributed by atoms with Crippen molar-refractivity contribution in [2.45, 2.75) is 32.2 Å². The van der Waals surface area contributed by atoms with Gasteiger partial charge < -0.3 is 10.6 Å². The Kier molecular flexibility index (Phi) is 2.68. The molecule has 0 saturated carbocycles. The molecule has 1 rings (SSSR count).